The lowest BCUT2D eigenvalue weighted by Crippen LogP contribution is -2.46. The van der Waals surface area contributed by atoms with Crippen LogP contribution < -0.4 is 0 Å². The lowest BCUT2D eigenvalue weighted by molar-refractivity contribution is -0.139. The Balaban J connectivity index is 1.49. The van der Waals surface area contributed by atoms with Gasteiger partial charge in [0.1, 0.15) is 6.33 Å². The second kappa shape index (κ2) is 9.10. The molecule has 1 unspecified atom stereocenters. The summed E-state index contributed by atoms with van der Waals surface area (Å²) in [5.74, 6) is 1.20. The van der Waals surface area contributed by atoms with E-state index in [1.807, 2.05) is 9.25 Å². The van der Waals surface area contributed by atoms with Gasteiger partial charge in [0.2, 0.25) is 5.91 Å². The zero-order valence-electron chi connectivity index (χ0n) is 16.0. The largest absolute Gasteiger partial charge is 0.383 e. The average Bonchev–Trinajstić information content (AvgIpc) is 3.00. The number of rotatable bonds is 6. The second-order valence-electron chi connectivity index (χ2n) is 7.66. The molecule has 1 aromatic rings. The highest BCUT2D eigenvalue weighted by Crippen LogP contribution is 2.23. The second-order valence-corrected chi connectivity index (χ2v) is 8.03. The van der Waals surface area contributed by atoms with Crippen LogP contribution in [0, 0.1) is 16.6 Å². The van der Waals surface area contributed by atoms with Gasteiger partial charge in [0.05, 0.1) is 13.3 Å². The Hall–Kier alpha value is -1.25. The molecule has 0 N–H and O–H groups in total. The number of hydrogen-bond acceptors (Lipinski definition) is 5. The summed E-state index contributed by atoms with van der Waals surface area (Å²) in [5, 5.41) is 4.40. The minimum atomic E-state index is 0.184. The summed E-state index contributed by atoms with van der Waals surface area (Å²) in [7, 11) is 1.68. The Morgan fingerprint density at radius 3 is 2.77 bits per heavy atom. The molecule has 2 aliphatic rings. The first-order valence-electron chi connectivity index (χ1n) is 9.71. The molecule has 8 heteroatoms. The van der Waals surface area contributed by atoms with Crippen LogP contribution in [0.4, 0.5) is 0 Å². The highest BCUT2D eigenvalue weighted by molar-refractivity contribution is 7.71. The average molecular weight is 382 g/mol. The van der Waals surface area contributed by atoms with Crippen molar-refractivity contribution in [3.8, 4) is 0 Å². The van der Waals surface area contributed by atoms with E-state index in [1.54, 1.807) is 13.4 Å². The number of ether oxygens (including phenoxy) is 1. The number of aromatic nitrogens is 3. The van der Waals surface area contributed by atoms with Crippen molar-refractivity contribution in [3.05, 3.63) is 11.1 Å². The molecule has 26 heavy (non-hydrogen) atoms. The third kappa shape index (κ3) is 4.72. The number of piperidine rings is 2. The predicted molar refractivity (Wildman–Crippen MR) is 102 cm³/mol. The first kappa shape index (κ1) is 19.5. The van der Waals surface area contributed by atoms with Crippen LogP contribution in [0.15, 0.2) is 6.33 Å². The molecule has 0 aliphatic carbocycles. The summed E-state index contributed by atoms with van der Waals surface area (Å²) in [6.45, 7) is 8.02. The van der Waals surface area contributed by atoms with Gasteiger partial charge in [0.25, 0.3) is 0 Å². The van der Waals surface area contributed by atoms with E-state index >= 15 is 0 Å². The quantitative estimate of drug-likeness (QED) is 0.706. The Bertz CT molecular complexity index is 650. The molecule has 7 nitrogen and oxygen atoms in total. The third-order valence-corrected chi connectivity index (χ3v) is 6.02. The standard InChI is InChI=1S/C18H31N5O2S/c1-15-4-3-7-21(12-15)17(24)16-5-8-20(9-6-16)14-23-18(26)22(13-19-23)10-11-25-2/h13,15-16H,3-12,14H2,1-2H3. The monoisotopic (exact) mass is 381 g/mol. The van der Waals surface area contributed by atoms with Crippen LogP contribution in [-0.4, -0.2) is 70.0 Å². The van der Waals surface area contributed by atoms with E-state index in [2.05, 4.69) is 21.8 Å². The molecule has 2 saturated heterocycles. The maximum atomic E-state index is 12.8. The summed E-state index contributed by atoms with van der Waals surface area (Å²) in [6, 6.07) is 0. The Morgan fingerprint density at radius 1 is 1.31 bits per heavy atom. The molecule has 146 valence electrons. The molecule has 3 heterocycles. The SMILES string of the molecule is COCCn1cnn(CN2CCC(C(=O)N3CCCC(C)C3)CC2)c1=S. The van der Waals surface area contributed by atoms with Gasteiger partial charge < -0.3 is 14.2 Å². The number of methoxy groups -OCH3 is 1. The summed E-state index contributed by atoms with van der Waals surface area (Å²) < 4.78 is 9.62. The van der Waals surface area contributed by atoms with Crippen molar-refractivity contribution in [2.24, 2.45) is 11.8 Å². The van der Waals surface area contributed by atoms with Gasteiger partial charge in [-0.3, -0.25) is 9.69 Å². The van der Waals surface area contributed by atoms with Crippen molar-refractivity contribution in [2.45, 2.75) is 45.8 Å². The zero-order chi connectivity index (χ0) is 18.5. The van der Waals surface area contributed by atoms with E-state index in [9.17, 15) is 4.79 Å². The van der Waals surface area contributed by atoms with E-state index in [0.717, 1.165) is 56.8 Å². The number of amides is 1. The maximum absolute atomic E-state index is 12.8. The van der Waals surface area contributed by atoms with Gasteiger partial charge in [0.15, 0.2) is 4.77 Å². The van der Waals surface area contributed by atoms with Gasteiger partial charge >= 0.3 is 0 Å². The Morgan fingerprint density at radius 2 is 2.08 bits per heavy atom. The molecule has 2 fully saturated rings. The van der Waals surface area contributed by atoms with E-state index < -0.39 is 0 Å². The van der Waals surface area contributed by atoms with E-state index in [4.69, 9.17) is 17.0 Å². The fourth-order valence-corrected chi connectivity index (χ4v) is 4.21. The Labute approximate surface area is 160 Å². The molecule has 2 aliphatic heterocycles. The first-order chi connectivity index (χ1) is 12.6. The molecular weight excluding hydrogens is 350 g/mol. The van der Waals surface area contributed by atoms with Crippen LogP contribution in [-0.2, 0) is 22.7 Å². The van der Waals surface area contributed by atoms with Crippen molar-refractivity contribution in [1.29, 1.82) is 0 Å². The molecule has 0 saturated carbocycles. The normalized spacial score (nSPS) is 22.7. The van der Waals surface area contributed by atoms with Crippen LogP contribution >= 0.6 is 12.2 Å². The molecule has 0 aromatic carbocycles. The van der Waals surface area contributed by atoms with Crippen molar-refractivity contribution in [3.63, 3.8) is 0 Å². The zero-order valence-corrected chi connectivity index (χ0v) is 16.8. The molecule has 0 radical (unpaired) electrons. The number of carbonyl (C=O) groups excluding carboxylic acids is 1. The van der Waals surface area contributed by atoms with Gasteiger partial charge in [-0.05, 0) is 43.8 Å². The predicted octanol–water partition coefficient (Wildman–Crippen LogP) is 1.99. The lowest BCUT2D eigenvalue weighted by atomic mass is 9.93. The summed E-state index contributed by atoms with van der Waals surface area (Å²) in [6.07, 6.45) is 6.04. The number of carbonyl (C=O) groups is 1. The summed E-state index contributed by atoms with van der Waals surface area (Å²) in [5.41, 5.74) is 0. The number of likely N-dealkylation sites (tertiary alicyclic amines) is 2. The summed E-state index contributed by atoms with van der Waals surface area (Å²) in [4.78, 5) is 17.2. The smallest absolute Gasteiger partial charge is 0.225 e. The molecular formula is C18H31N5O2S. The fourth-order valence-electron chi connectivity index (χ4n) is 3.97. The number of hydrogen-bond donors (Lipinski definition) is 0. The van der Waals surface area contributed by atoms with E-state index in [0.29, 0.717) is 25.1 Å². The molecule has 0 spiro atoms. The minimum Gasteiger partial charge on any atom is -0.383 e. The van der Waals surface area contributed by atoms with Gasteiger partial charge in [0, 0.05) is 45.8 Å². The van der Waals surface area contributed by atoms with Crippen LogP contribution in [0.5, 0.6) is 0 Å². The van der Waals surface area contributed by atoms with Crippen molar-refractivity contribution in [1.82, 2.24) is 24.1 Å². The number of nitrogens with zero attached hydrogens (tertiary/aromatic N) is 5. The lowest BCUT2D eigenvalue weighted by Gasteiger charge is -2.37. The van der Waals surface area contributed by atoms with Crippen LogP contribution in [0.1, 0.15) is 32.6 Å². The van der Waals surface area contributed by atoms with Crippen molar-refractivity contribution in [2.75, 3.05) is 39.9 Å². The highest BCUT2D eigenvalue weighted by Gasteiger charge is 2.30. The molecule has 3 rings (SSSR count). The molecule has 1 amide bonds. The fraction of sp³-hybridized carbons (Fsp3) is 0.833. The first-order valence-corrected chi connectivity index (χ1v) is 10.1. The molecule has 1 aromatic heterocycles. The van der Waals surface area contributed by atoms with Gasteiger partial charge in [-0.15, -0.1) is 0 Å². The van der Waals surface area contributed by atoms with Crippen molar-refractivity contribution < 1.29 is 9.53 Å². The van der Waals surface area contributed by atoms with Gasteiger partial charge in [-0.25, -0.2) is 4.68 Å². The third-order valence-electron chi connectivity index (χ3n) is 5.57. The summed E-state index contributed by atoms with van der Waals surface area (Å²) >= 11 is 5.49. The minimum absolute atomic E-state index is 0.184. The van der Waals surface area contributed by atoms with Crippen LogP contribution in [0.2, 0.25) is 0 Å². The molecule has 1 atom stereocenters. The Kier molecular flexibility index (Phi) is 6.83. The van der Waals surface area contributed by atoms with Gasteiger partial charge in [-0.2, -0.15) is 5.10 Å². The van der Waals surface area contributed by atoms with Gasteiger partial charge in [-0.1, -0.05) is 6.92 Å². The van der Waals surface area contributed by atoms with Crippen molar-refractivity contribution >= 4 is 18.1 Å². The van der Waals surface area contributed by atoms with Crippen LogP contribution in [0.25, 0.3) is 0 Å². The van der Waals surface area contributed by atoms with E-state index in [1.165, 1.54) is 6.42 Å². The molecule has 0 bridgehead atoms. The maximum Gasteiger partial charge on any atom is 0.225 e. The van der Waals surface area contributed by atoms with E-state index in [-0.39, 0.29) is 5.92 Å². The highest BCUT2D eigenvalue weighted by atomic mass is 32.1. The van der Waals surface area contributed by atoms with Crippen LogP contribution in [0.3, 0.4) is 0 Å². The topological polar surface area (TPSA) is 55.5 Å².